The van der Waals surface area contributed by atoms with Crippen LogP contribution in [-0.2, 0) is 13.0 Å². The van der Waals surface area contributed by atoms with Crippen molar-refractivity contribution >= 4 is 17.5 Å². The summed E-state index contributed by atoms with van der Waals surface area (Å²) in [6.07, 6.45) is 0.796. The van der Waals surface area contributed by atoms with Crippen molar-refractivity contribution in [1.82, 2.24) is 5.32 Å². The molecule has 0 spiro atoms. The lowest BCUT2D eigenvalue weighted by atomic mass is 10.1. The molecule has 1 N–H and O–H groups in total. The zero-order chi connectivity index (χ0) is 22.7. The molecule has 0 aliphatic carbocycles. The van der Waals surface area contributed by atoms with E-state index >= 15 is 0 Å². The first-order valence-corrected chi connectivity index (χ1v) is 10.5. The number of methoxy groups -OCH3 is 2. The van der Waals surface area contributed by atoms with Gasteiger partial charge in [-0.2, -0.15) is 0 Å². The number of hydrogen-bond donors (Lipinski definition) is 1. The summed E-state index contributed by atoms with van der Waals surface area (Å²) < 4.78 is 10.5. The van der Waals surface area contributed by atoms with E-state index in [4.69, 9.17) is 9.47 Å². The molecule has 0 bridgehead atoms. The van der Waals surface area contributed by atoms with Crippen LogP contribution in [0, 0.1) is 6.92 Å². The number of benzene rings is 3. The summed E-state index contributed by atoms with van der Waals surface area (Å²) in [5.41, 5.74) is 5.30. The van der Waals surface area contributed by atoms with Gasteiger partial charge in [-0.05, 0) is 60.9 Å². The summed E-state index contributed by atoms with van der Waals surface area (Å²) in [5.74, 6) is 0.910. The first-order valence-electron chi connectivity index (χ1n) is 10.5. The Labute approximate surface area is 187 Å². The van der Waals surface area contributed by atoms with Crippen molar-refractivity contribution < 1.29 is 19.1 Å². The smallest absolute Gasteiger partial charge is 0.258 e. The molecule has 0 unspecified atom stereocenters. The molecule has 0 radical (unpaired) electrons. The molecule has 3 aromatic rings. The molecule has 0 aromatic heterocycles. The number of ether oxygens (including phenoxy) is 2. The maximum absolute atomic E-state index is 13.0. The maximum atomic E-state index is 13.0. The van der Waals surface area contributed by atoms with E-state index in [1.807, 2.05) is 48.2 Å². The third-order valence-corrected chi connectivity index (χ3v) is 5.65. The topological polar surface area (TPSA) is 67.9 Å². The van der Waals surface area contributed by atoms with Gasteiger partial charge in [-0.15, -0.1) is 0 Å². The third kappa shape index (κ3) is 4.30. The Morgan fingerprint density at radius 3 is 2.50 bits per heavy atom. The minimum absolute atomic E-state index is 0.0157. The predicted octanol–water partition coefficient (Wildman–Crippen LogP) is 4.15. The van der Waals surface area contributed by atoms with Crippen LogP contribution in [0.1, 0.15) is 37.4 Å². The van der Waals surface area contributed by atoms with Crippen molar-refractivity contribution in [2.45, 2.75) is 19.9 Å². The van der Waals surface area contributed by atoms with Crippen molar-refractivity contribution in [3.63, 3.8) is 0 Å². The van der Waals surface area contributed by atoms with E-state index in [2.05, 4.69) is 11.4 Å². The van der Waals surface area contributed by atoms with Crippen LogP contribution in [0.25, 0.3) is 0 Å². The molecular formula is C26H26N2O4. The Hall–Kier alpha value is -3.80. The Balaban J connectivity index is 1.44. The van der Waals surface area contributed by atoms with Gasteiger partial charge in [0.1, 0.15) is 0 Å². The number of nitrogens with zero attached hydrogens (tertiary/aromatic N) is 1. The Morgan fingerprint density at radius 1 is 0.938 bits per heavy atom. The molecule has 0 atom stereocenters. The molecular weight excluding hydrogens is 404 g/mol. The highest BCUT2D eigenvalue weighted by atomic mass is 16.5. The maximum Gasteiger partial charge on any atom is 0.258 e. The number of fused-ring (bicyclic) bond motifs is 1. The lowest BCUT2D eigenvalue weighted by Gasteiger charge is -2.18. The van der Waals surface area contributed by atoms with E-state index in [0.717, 1.165) is 28.8 Å². The van der Waals surface area contributed by atoms with Gasteiger partial charge in [0.15, 0.2) is 11.5 Å². The van der Waals surface area contributed by atoms with E-state index in [0.29, 0.717) is 35.7 Å². The highest BCUT2D eigenvalue weighted by molar-refractivity contribution is 6.07. The number of anilines is 1. The third-order valence-electron chi connectivity index (χ3n) is 5.65. The number of carbonyl (C=O) groups excluding carboxylic acids is 2. The SMILES string of the molecule is COc1ccc(C(=O)NCc2ccc3c(c2)CCN3C(=O)c2cccc(C)c2)cc1OC. The van der Waals surface area contributed by atoms with Crippen LogP contribution in [0.2, 0.25) is 0 Å². The van der Waals surface area contributed by atoms with Gasteiger partial charge < -0.3 is 19.7 Å². The molecule has 4 rings (SSSR count). The van der Waals surface area contributed by atoms with Crippen LogP contribution in [-0.4, -0.2) is 32.6 Å². The summed E-state index contributed by atoms with van der Waals surface area (Å²) in [6, 6.07) is 18.7. The van der Waals surface area contributed by atoms with Gasteiger partial charge in [0.05, 0.1) is 14.2 Å². The second-order valence-electron chi connectivity index (χ2n) is 7.79. The number of hydrogen-bond acceptors (Lipinski definition) is 4. The highest BCUT2D eigenvalue weighted by Crippen LogP contribution is 2.31. The first kappa shape index (κ1) is 21.4. The van der Waals surface area contributed by atoms with Crippen LogP contribution in [0.3, 0.4) is 0 Å². The van der Waals surface area contributed by atoms with Crippen molar-refractivity contribution in [1.29, 1.82) is 0 Å². The van der Waals surface area contributed by atoms with Crippen LogP contribution in [0.4, 0.5) is 5.69 Å². The van der Waals surface area contributed by atoms with E-state index in [-0.39, 0.29) is 11.8 Å². The van der Waals surface area contributed by atoms with Crippen molar-refractivity contribution in [3.05, 3.63) is 88.5 Å². The van der Waals surface area contributed by atoms with Crippen LogP contribution < -0.4 is 19.7 Å². The molecule has 0 fully saturated rings. The molecule has 2 amide bonds. The molecule has 1 aliphatic heterocycles. The summed E-state index contributed by atoms with van der Waals surface area (Å²) in [6.45, 7) is 3.03. The zero-order valence-electron chi connectivity index (χ0n) is 18.5. The number of aryl methyl sites for hydroxylation is 1. The molecule has 1 heterocycles. The van der Waals surface area contributed by atoms with Gasteiger partial charge in [0.2, 0.25) is 0 Å². The number of carbonyl (C=O) groups is 2. The monoisotopic (exact) mass is 430 g/mol. The normalized spacial score (nSPS) is 12.3. The van der Waals surface area contributed by atoms with Crippen molar-refractivity contribution in [3.8, 4) is 11.5 Å². The van der Waals surface area contributed by atoms with Gasteiger partial charge in [0.25, 0.3) is 11.8 Å². The number of nitrogens with one attached hydrogen (secondary N) is 1. The molecule has 6 heteroatoms. The lowest BCUT2D eigenvalue weighted by Crippen LogP contribution is -2.28. The summed E-state index contributed by atoms with van der Waals surface area (Å²) in [7, 11) is 3.10. The van der Waals surface area contributed by atoms with Gasteiger partial charge in [0, 0.05) is 29.9 Å². The van der Waals surface area contributed by atoms with Crippen LogP contribution >= 0.6 is 0 Å². The van der Waals surface area contributed by atoms with E-state index < -0.39 is 0 Å². The van der Waals surface area contributed by atoms with Gasteiger partial charge in [-0.3, -0.25) is 9.59 Å². The van der Waals surface area contributed by atoms with Crippen LogP contribution in [0.15, 0.2) is 60.7 Å². The molecule has 0 saturated carbocycles. The quantitative estimate of drug-likeness (QED) is 0.638. The fourth-order valence-corrected chi connectivity index (χ4v) is 3.97. The largest absolute Gasteiger partial charge is 0.493 e. The lowest BCUT2D eigenvalue weighted by molar-refractivity contribution is 0.0949. The second kappa shape index (κ2) is 9.14. The molecule has 164 valence electrons. The number of rotatable bonds is 6. The summed E-state index contributed by atoms with van der Waals surface area (Å²) >= 11 is 0. The summed E-state index contributed by atoms with van der Waals surface area (Å²) in [4.78, 5) is 27.4. The average Bonchev–Trinajstić information content (AvgIpc) is 3.24. The Kier molecular flexibility index (Phi) is 6.12. The zero-order valence-corrected chi connectivity index (χ0v) is 18.5. The van der Waals surface area contributed by atoms with Gasteiger partial charge in [-0.1, -0.05) is 29.8 Å². The summed E-state index contributed by atoms with van der Waals surface area (Å²) in [5, 5.41) is 2.95. The minimum Gasteiger partial charge on any atom is -0.493 e. The van der Waals surface area contributed by atoms with Crippen LogP contribution in [0.5, 0.6) is 11.5 Å². The van der Waals surface area contributed by atoms with E-state index in [1.54, 1.807) is 25.3 Å². The molecule has 0 saturated heterocycles. The standard InChI is InChI=1S/C26H26N2O4/c1-17-5-4-6-21(13-17)26(30)28-12-11-19-14-18(7-9-22(19)28)16-27-25(29)20-8-10-23(31-2)24(15-20)32-3/h4-10,13-15H,11-12,16H2,1-3H3,(H,27,29). The fourth-order valence-electron chi connectivity index (χ4n) is 3.97. The highest BCUT2D eigenvalue weighted by Gasteiger charge is 2.25. The molecule has 6 nitrogen and oxygen atoms in total. The second-order valence-corrected chi connectivity index (χ2v) is 7.79. The Bertz CT molecular complexity index is 1170. The number of amides is 2. The van der Waals surface area contributed by atoms with E-state index in [1.165, 1.54) is 7.11 Å². The van der Waals surface area contributed by atoms with Gasteiger partial charge >= 0.3 is 0 Å². The Morgan fingerprint density at radius 2 is 1.75 bits per heavy atom. The van der Waals surface area contributed by atoms with Crippen molar-refractivity contribution in [2.75, 3.05) is 25.7 Å². The molecule has 3 aromatic carbocycles. The van der Waals surface area contributed by atoms with Crippen molar-refractivity contribution in [2.24, 2.45) is 0 Å². The minimum atomic E-state index is -0.192. The first-order chi connectivity index (χ1) is 15.5. The molecule has 32 heavy (non-hydrogen) atoms. The fraction of sp³-hybridized carbons (Fsp3) is 0.231. The van der Waals surface area contributed by atoms with Gasteiger partial charge in [-0.25, -0.2) is 0 Å². The molecule has 1 aliphatic rings. The average molecular weight is 431 g/mol. The van der Waals surface area contributed by atoms with E-state index in [9.17, 15) is 9.59 Å². The predicted molar refractivity (Wildman–Crippen MR) is 124 cm³/mol.